The second-order valence-electron chi connectivity index (χ2n) is 9.55. The molecule has 3 aromatic rings. The summed E-state index contributed by atoms with van der Waals surface area (Å²) in [6, 6.07) is 22.8. The fourth-order valence-electron chi connectivity index (χ4n) is 3.99. The van der Waals surface area contributed by atoms with Crippen molar-refractivity contribution in [2.24, 2.45) is 5.92 Å². The van der Waals surface area contributed by atoms with Gasteiger partial charge in [0.1, 0.15) is 11.8 Å². The van der Waals surface area contributed by atoms with E-state index in [2.05, 4.69) is 35.1 Å². The maximum Gasteiger partial charge on any atom is 0.261 e. The molecule has 0 aliphatic rings. The third-order valence-corrected chi connectivity index (χ3v) is 6.37. The van der Waals surface area contributed by atoms with Crippen LogP contribution in [-0.2, 0) is 22.6 Å². The van der Waals surface area contributed by atoms with E-state index >= 15 is 0 Å². The molecule has 0 fully saturated rings. The molecular formula is C30H35BrN2O3. The Morgan fingerprint density at radius 3 is 2.33 bits per heavy atom. The number of carbonyl (C=O) groups excluding carboxylic acids is 2. The first kappa shape index (κ1) is 27.5. The highest BCUT2D eigenvalue weighted by molar-refractivity contribution is 9.10. The standard InChI is InChI=1S/C30H35BrN2O3/c1-21(2)18-32-30(35)27(17-24-9-6-5-7-10-24)33(19-25-11-8-12-26(31)16-25)29(34)20-36-28-14-13-22(3)15-23(28)4/h5-16,21,27H,17-20H2,1-4H3,(H,32,35). The van der Waals surface area contributed by atoms with E-state index in [-0.39, 0.29) is 18.4 Å². The van der Waals surface area contributed by atoms with E-state index in [0.29, 0.717) is 31.2 Å². The highest BCUT2D eigenvalue weighted by atomic mass is 79.9. The molecule has 0 heterocycles. The summed E-state index contributed by atoms with van der Waals surface area (Å²) >= 11 is 3.52. The molecule has 5 nitrogen and oxygen atoms in total. The predicted molar refractivity (Wildman–Crippen MR) is 148 cm³/mol. The predicted octanol–water partition coefficient (Wildman–Crippen LogP) is 5.86. The zero-order chi connectivity index (χ0) is 26.1. The number of ether oxygens (including phenoxy) is 1. The molecule has 0 aromatic heterocycles. The Labute approximate surface area is 223 Å². The maximum absolute atomic E-state index is 13.7. The minimum absolute atomic E-state index is 0.152. The highest BCUT2D eigenvalue weighted by Gasteiger charge is 2.30. The lowest BCUT2D eigenvalue weighted by atomic mass is 10.0. The Balaban J connectivity index is 1.91. The number of nitrogens with one attached hydrogen (secondary N) is 1. The summed E-state index contributed by atoms with van der Waals surface area (Å²) in [5, 5.41) is 3.04. The topological polar surface area (TPSA) is 58.6 Å². The van der Waals surface area contributed by atoms with Gasteiger partial charge in [0.2, 0.25) is 5.91 Å². The zero-order valence-corrected chi connectivity index (χ0v) is 23.0. The molecule has 1 N–H and O–H groups in total. The van der Waals surface area contributed by atoms with Crippen molar-refractivity contribution in [1.82, 2.24) is 10.2 Å². The van der Waals surface area contributed by atoms with E-state index in [1.54, 1.807) is 4.90 Å². The van der Waals surface area contributed by atoms with Crippen LogP contribution in [0.15, 0.2) is 77.3 Å². The van der Waals surface area contributed by atoms with Crippen LogP contribution in [0.2, 0.25) is 0 Å². The molecule has 0 saturated carbocycles. The monoisotopic (exact) mass is 550 g/mol. The van der Waals surface area contributed by atoms with Gasteiger partial charge in [0, 0.05) is 24.0 Å². The number of carbonyl (C=O) groups is 2. The third-order valence-electron chi connectivity index (χ3n) is 5.88. The lowest BCUT2D eigenvalue weighted by Crippen LogP contribution is -2.52. The Hall–Kier alpha value is -3.12. The molecule has 0 bridgehead atoms. The van der Waals surface area contributed by atoms with Crippen LogP contribution in [0, 0.1) is 19.8 Å². The molecule has 0 radical (unpaired) electrons. The minimum Gasteiger partial charge on any atom is -0.483 e. The van der Waals surface area contributed by atoms with Crippen LogP contribution in [-0.4, -0.2) is 35.9 Å². The molecule has 0 aliphatic carbocycles. The van der Waals surface area contributed by atoms with Crippen LogP contribution in [0.3, 0.4) is 0 Å². The van der Waals surface area contributed by atoms with Crippen molar-refractivity contribution in [2.45, 2.75) is 46.7 Å². The van der Waals surface area contributed by atoms with Gasteiger partial charge in [0.15, 0.2) is 6.61 Å². The van der Waals surface area contributed by atoms with Gasteiger partial charge in [-0.1, -0.05) is 89.9 Å². The van der Waals surface area contributed by atoms with Crippen LogP contribution in [0.1, 0.15) is 36.1 Å². The van der Waals surface area contributed by atoms with Gasteiger partial charge in [-0.25, -0.2) is 0 Å². The Morgan fingerprint density at radius 1 is 0.944 bits per heavy atom. The highest BCUT2D eigenvalue weighted by Crippen LogP contribution is 2.21. The smallest absolute Gasteiger partial charge is 0.261 e. The van der Waals surface area contributed by atoms with Crippen molar-refractivity contribution >= 4 is 27.7 Å². The van der Waals surface area contributed by atoms with Gasteiger partial charge in [0.25, 0.3) is 5.91 Å². The first-order valence-electron chi connectivity index (χ1n) is 12.3. The fourth-order valence-corrected chi connectivity index (χ4v) is 4.44. The minimum atomic E-state index is -0.680. The molecule has 3 aromatic carbocycles. The summed E-state index contributed by atoms with van der Waals surface area (Å²) in [7, 11) is 0. The molecule has 6 heteroatoms. The van der Waals surface area contributed by atoms with E-state index in [1.807, 2.05) is 86.6 Å². The summed E-state index contributed by atoms with van der Waals surface area (Å²) in [6.45, 7) is 8.77. The van der Waals surface area contributed by atoms with Crippen LogP contribution in [0.4, 0.5) is 0 Å². The molecule has 3 rings (SSSR count). The summed E-state index contributed by atoms with van der Waals surface area (Å²) in [5.41, 5.74) is 4.02. The van der Waals surface area contributed by atoms with Crippen molar-refractivity contribution < 1.29 is 14.3 Å². The Bertz CT molecular complexity index is 1160. The van der Waals surface area contributed by atoms with Crippen molar-refractivity contribution in [1.29, 1.82) is 0 Å². The van der Waals surface area contributed by atoms with Gasteiger partial charge in [-0.05, 0) is 54.7 Å². The fraction of sp³-hybridized carbons (Fsp3) is 0.333. The molecule has 0 spiro atoms. The molecule has 36 heavy (non-hydrogen) atoms. The normalized spacial score (nSPS) is 11.7. The lowest BCUT2D eigenvalue weighted by Gasteiger charge is -2.32. The van der Waals surface area contributed by atoms with Gasteiger partial charge in [-0.3, -0.25) is 9.59 Å². The van der Waals surface area contributed by atoms with Crippen molar-refractivity contribution in [3.8, 4) is 5.75 Å². The Morgan fingerprint density at radius 2 is 1.67 bits per heavy atom. The first-order chi connectivity index (χ1) is 17.2. The van der Waals surface area contributed by atoms with Crippen molar-refractivity contribution in [3.63, 3.8) is 0 Å². The van der Waals surface area contributed by atoms with Gasteiger partial charge >= 0.3 is 0 Å². The maximum atomic E-state index is 13.7. The van der Waals surface area contributed by atoms with E-state index in [4.69, 9.17) is 4.74 Å². The van der Waals surface area contributed by atoms with E-state index < -0.39 is 6.04 Å². The average molecular weight is 552 g/mol. The van der Waals surface area contributed by atoms with Gasteiger partial charge < -0.3 is 15.0 Å². The van der Waals surface area contributed by atoms with E-state index in [0.717, 1.165) is 26.7 Å². The molecule has 1 unspecified atom stereocenters. The first-order valence-corrected chi connectivity index (χ1v) is 13.1. The zero-order valence-electron chi connectivity index (χ0n) is 21.5. The molecular weight excluding hydrogens is 516 g/mol. The number of halogens is 1. The number of hydrogen-bond donors (Lipinski definition) is 1. The largest absolute Gasteiger partial charge is 0.483 e. The summed E-state index contributed by atoms with van der Waals surface area (Å²) in [5.74, 6) is 0.562. The summed E-state index contributed by atoms with van der Waals surface area (Å²) in [4.78, 5) is 28.8. The number of benzene rings is 3. The molecule has 1 atom stereocenters. The number of aryl methyl sites for hydroxylation is 2. The number of rotatable bonds is 11. The molecule has 2 amide bonds. The quantitative estimate of drug-likeness (QED) is 0.325. The number of nitrogens with zero attached hydrogens (tertiary/aromatic N) is 1. The van der Waals surface area contributed by atoms with E-state index in [9.17, 15) is 9.59 Å². The average Bonchev–Trinajstić information content (AvgIpc) is 2.84. The molecule has 0 aliphatic heterocycles. The van der Waals surface area contributed by atoms with Gasteiger partial charge in [-0.15, -0.1) is 0 Å². The molecule has 190 valence electrons. The SMILES string of the molecule is Cc1ccc(OCC(=O)N(Cc2cccc(Br)c2)C(Cc2ccccc2)C(=O)NCC(C)C)c(C)c1. The summed E-state index contributed by atoms with van der Waals surface area (Å²) in [6.07, 6.45) is 0.411. The van der Waals surface area contributed by atoms with E-state index in [1.165, 1.54) is 0 Å². The molecule has 0 saturated heterocycles. The lowest BCUT2D eigenvalue weighted by molar-refractivity contribution is -0.142. The van der Waals surface area contributed by atoms with Crippen molar-refractivity contribution in [2.75, 3.05) is 13.2 Å². The van der Waals surface area contributed by atoms with Crippen LogP contribution in [0.5, 0.6) is 5.75 Å². The number of hydrogen-bond acceptors (Lipinski definition) is 3. The van der Waals surface area contributed by atoms with Crippen LogP contribution in [0.25, 0.3) is 0 Å². The Kier molecular flexibility index (Phi) is 10.1. The number of amides is 2. The van der Waals surface area contributed by atoms with Crippen molar-refractivity contribution in [3.05, 3.63) is 99.5 Å². The second kappa shape index (κ2) is 13.3. The van der Waals surface area contributed by atoms with Crippen LogP contribution < -0.4 is 10.1 Å². The van der Waals surface area contributed by atoms with Gasteiger partial charge in [-0.2, -0.15) is 0 Å². The third kappa shape index (κ3) is 8.23. The second-order valence-corrected chi connectivity index (χ2v) is 10.5. The van der Waals surface area contributed by atoms with Crippen LogP contribution >= 0.6 is 15.9 Å². The van der Waals surface area contributed by atoms with Gasteiger partial charge in [0.05, 0.1) is 0 Å². The summed E-state index contributed by atoms with van der Waals surface area (Å²) < 4.78 is 6.86.